The van der Waals surface area contributed by atoms with Gasteiger partial charge in [0.1, 0.15) is 0 Å². The third-order valence-electron chi connectivity index (χ3n) is 1.69. The summed E-state index contributed by atoms with van der Waals surface area (Å²) in [6.07, 6.45) is 0. The highest BCUT2D eigenvalue weighted by Gasteiger charge is 2.16. The number of sulfonamides is 1. The number of benzene rings is 1. The lowest BCUT2D eigenvalue weighted by molar-refractivity contribution is 0.570. The topological polar surface area (TPSA) is 46.2 Å². The largest absolute Gasteiger partial charge is 0.240 e. The molecule has 0 heterocycles. The summed E-state index contributed by atoms with van der Waals surface area (Å²) in [6, 6.07) is 6.24. The van der Waals surface area contributed by atoms with Gasteiger partial charge in [0, 0.05) is 16.4 Å². The number of halogens is 2. The number of hydrogen-bond donors (Lipinski definition) is 1. The van der Waals surface area contributed by atoms with Crippen molar-refractivity contribution in [1.29, 1.82) is 0 Å². The molecule has 0 saturated carbocycles. The highest BCUT2D eigenvalue weighted by molar-refractivity contribution is 9.10. The number of rotatable bonds is 4. The van der Waals surface area contributed by atoms with Crippen molar-refractivity contribution in [3.8, 4) is 0 Å². The Kier molecular flexibility index (Phi) is 4.58. The van der Waals surface area contributed by atoms with Gasteiger partial charge in [0.25, 0.3) is 0 Å². The molecular formula is C9H11BrClNO2S. The van der Waals surface area contributed by atoms with E-state index in [2.05, 4.69) is 20.7 Å². The van der Waals surface area contributed by atoms with E-state index in [1.807, 2.05) is 0 Å². The lowest BCUT2D eigenvalue weighted by Gasteiger charge is -2.11. The molecule has 0 radical (unpaired) electrons. The maximum atomic E-state index is 11.8. The molecular weight excluding hydrogens is 302 g/mol. The van der Waals surface area contributed by atoms with Gasteiger partial charge in [-0.25, -0.2) is 13.1 Å². The van der Waals surface area contributed by atoms with E-state index < -0.39 is 10.0 Å². The maximum Gasteiger partial charge on any atom is 0.240 e. The minimum absolute atomic E-state index is 0.230. The van der Waals surface area contributed by atoms with Gasteiger partial charge >= 0.3 is 0 Å². The zero-order chi connectivity index (χ0) is 11.5. The molecule has 0 amide bonds. The molecule has 0 aromatic heterocycles. The minimum Gasteiger partial charge on any atom is -0.207 e. The lowest BCUT2D eigenvalue weighted by Crippen LogP contribution is -2.33. The number of alkyl halides is 1. The maximum absolute atomic E-state index is 11.8. The second kappa shape index (κ2) is 5.30. The van der Waals surface area contributed by atoms with Crippen LogP contribution in [0.25, 0.3) is 0 Å². The van der Waals surface area contributed by atoms with Gasteiger partial charge in [0.15, 0.2) is 0 Å². The molecule has 0 aliphatic heterocycles. The Bertz CT molecular complexity index is 435. The van der Waals surface area contributed by atoms with Crippen LogP contribution in [-0.4, -0.2) is 20.3 Å². The van der Waals surface area contributed by atoms with Gasteiger partial charge in [-0.1, -0.05) is 22.0 Å². The first kappa shape index (κ1) is 13.0. The van der Waals surface area contributed by atoms with Crippen LogP contribution >= 0.6 is 27.5 Å². The average Bonchev–Trinajstić information content (AvgIpc) is 2.17. The first-order chi connectivity index (χ1) is 6.95. The van der Waals surface area contributed by atoms with Gasteiger partial charge in [-0.2, -0.15) is 0 Å². The molecule has 0 fully saturated rings. The summed E-state index contributed by atoms with van der Waals surface area (Å²) in [5.41, 5.74) is 0. The molecule has 1 unspecified atom stereocenters. The van der Waals surface area contributed by atoms with Crippen LogP contribution in [0.1, 0.15) is 6.92 Å². The van der Waals surface area contributed by atoms with E-state index >= 15 is 0 Å². The minimum atomic E-state index is -3.46. The average molecular weight is 313 g/mol. The van der Waals surface area contributed by atoms with Gasteiger partial charge in [-0.3, -0.25) is 0 Å². The molecule has 3 nitrogen and oxygen atoms in total. The molecule has 6 heteroatoms. The summed E-state index contributed by atoms with van der Waals surface area (Å²) in [7, 11) is -3.46. The van der Waals surface area contributed by atoms with Crippen LogP contribution in [-0.2, 0) is 10.0 Å². The van der Waals surface area contributed by atoms with Gasteiger partial charge in [0.05, 0.1) is 4.90 Å². The molecule has 0 bridgehead atoms. The molecule has 1 atom stereocenters. The second-order valence-corrected chi connectivity index (χ2v) is 6.07. The van der Waals surface area contributed by atoms with Gasteiger partial charge in [0.2, 0.25) is 10.0 Å². The Morgan fingerprint density at radius 1 is 1.53 bits per heavy atom. The Morgan fingerprint density at radius 2 is 2.20 bits per heavy atom. The van der Waals surface area contributed by atoms with Crippen molar-refractivity contribution < 1.29 is 8.42 Å². The van der Waals surface area contributed by atoms with Crippen LogP contribution in [0.4, 0.5) is 0 Å². The van der Waals surface area contributed by atoms with E-state index in [1.165, 1.54) is 6.07 Å². The Balaban J connectivity index is 2.96. The predicted molar refractivity (Wildman–Crippen MR) is 64.6 cm³/mol. The fourth-order valence-electron chi connectivity index (χ4n) is 0.999. The van der Waals surface area contributed by atoms with E-state index in [4.69, 9.17) is 11.6 Å². The summed E-state index contributed by atoms with van der Waals surface area (Å²) in [5.74, 6) is 0.243. The van der Waals surface area contributed by atoms with Crippen molar-refractivity contribution in [2.45, 2.75) is 17.9 Å². The molecule has 1 aromatic rings. The summed E-state index contributed by atoms with van der Waals surface area (Å²) in [6.45, 7) is 1.71. The Labute approximate surface area is 103 Å². The highest BCUT2D eigenvalue weighted by atomic mass is 79.9. The number of nitrogens with one attached hydrogen (secondary N) is 1. The highest BCUT2D eigenvalue weighted by Crippen LogP contribution is 2.16. The molecule has 1 N–H and O–H groups in total. The molecule has 0 aliphatic rings. The fourth-order valence-corrected chi connectivity index (χ4v) is 3.01. The van der Waals surface area contributed by atoms with Gasteiger partial charge < -0.3 is 0 Å². The van der Waals surface area contributed by atoms with Crippen molar-refractivity contribution >= 4 is 37.6 Å². The molecule has 0 spiro atoms. The van der Waals surface area contributed by atoms with E-state index in [0.717, 1.165) is 4.47 Å². The summed E-state index contributed by atoms with van der Waals surface area (Å²) in [5, 5.41) is 0. The van der Waals surface area contributed by atoms with Crippen LogP contribution in [0.3, 0.4) is 0 Å². The third-order valence-corrected chi connectivity index (χ3v) is 4.24. The fraction of sp³-hybridized carbons (Fsp3) is 0.333. The van der Waals surface area contributed by atoms with Crippen LogP contribution < -0.4 is 4.72 Å². The van der Waals surface area contributed by atoms with Crippen molar-refractivity contribution in [3.05, 3.63) is 28.7 Å². The molecule has 0 aliphatic carbocycles. The van der Waals surface area contributed by atoms with Crippen LogP contribution in [0.2, 0.25) is 0 Å². The van der Waals surface area contributed by atoms with E-state index in [0.29, 0.717) is 0 Å². The second-order valence-electron chi connectivity index (χ2n) is 3.13. The van der Waals surface area contributed by atoms with E-state index in [9.17, 15) is 8.42 Å². The van der Waals surface area contributed by atoms with Crippen molar-refractivity contribution in [2.24, 2.45) is 0 Å². The Morgan fingerprint density at radius 3 is 2.73 bits per heavy atom. The summed E-state index contributed by atoms with van der Waals surface area (Å²) < 4.78 is 26.7. The molecule has 84 valence electrons. The van der Waals surface area contributed by atoms with Crippen LogP contribution in [0, 0.1) is 0 Å². The molecule has 1 aromatic carbocycles. The first-order valence-electron chi connectivity index (χ1n) is 4.29. The lowest BCUT2D eigenvalue weighted by atomic mass is 10.4. The van der Waals surface area contributed by atoms with Crippen LogP contribution in [0.15, 0.2) is 33.6 Å². The van der Waals surface area contributed by atoms with Crippen molar-refractivity contribution in [1.82, 2.24) is 4.72 Å². The third kappa shape index (κ3) is 3.75. The smallest absolute Gasteiger partial charge is 0.207 e. The molecule has 0 saturated heterocycles. The zero-order valence-electron chi connectivity index (χ0n) is 8.07. The number of hydrogen-bond acceptors (Lipinski definition) is 2. The molecule has 15 heavy (non-hydrogen) atoms. The quantitative estimate of drug-likeness (QED) is 0.868. The van der Waals surface area contributed by atoms with E-state index in [1.54, 1.807) is 25.1 Å². The summed E-state index contributed by atoms with van der Waals surface area (Å²) >= 11 is 8.76. The zero-order valence-corrected chi connectivity index (χ0v) is 11.2. The standard InChI is InChI=1S/C9H11BrClNO2S/c1-7(6-11)12-15(13,14)9-4-2-3-8(10)5-9/h2-5,7,12H,6H2,1H3. The van der Waals surface area contributed by atoms with Crippen LogP contribution in [0.5, 0.6) is 0 Å². The normalized spacial score (nSPS) is 13.8. The monoisotopic (exact) mass is 311 g/mol. The van der Waals surface area contributed by atoms with Gasteiger partial charge in [-0.15, -0.1) is 11.6 Å². The van der Waals surface area contributed by atoms with E-state index in [-0.39, 0.29) is 16.8 Å². The summed E-state index contributed by atoms with van der Waals surface area (Å²) in [4.78, 5) is 0.230. The predicted octanol–water partition coefficient (Wildman–Crippen LogP) is 2.35. The first-order valence-corrected chi connectivity index (χ1v) is 7.10. The SMILES string of the molecule is CC(CCl)NS(=O)(=O)c1cccc(Br)c1. The Hall–Kier alpha value is -0.100. The van der Waals surface area contributed by atoms with Gasteiger partial charge in [-0.05, 0) is 25.1 Å². The molecule has 1 rings (SSSR count). The van der Waals surface area contributed by atoms with Crippen molar-refractivity contribution in [3.63, 3.8) is 0 Å². The van der Waals surface area contributed by atoms with Crippen molar-refractivity contribution in [2.75, 3.05) is 5.88 Å².